The van der Waals surface area contributed by atoms with Gasteiger partial charge in [0.15, 0.2) is 0 Å². The fourth-order valence-corrected chi connectivity index (χ4v) is 2.99. The van der Waals surface area contributed by atoms with Crippen LogP contribution in [0.1, 0.15) is 28.3 Å². The van der Waals surface area contributed by atoms with Gasteiger partial charge in [0, 0.05) is 6.54 Å². The van der Waals surface area contributed by atoms with E-state index in [0.29, 0.717) is 13.2 Å². The highest BCUT2D eigenvalue weighted by atomic mass is 16.5. The Morgan fingerprint density at radius 1 is 0.952 bits per heavy atom. The van der Waals surface area contributed by atoms with Gasteiger partial charge in [-0.3, -0.25) is 0 Å². The molecular weight excluding hydrogens is 262 g/mol. The highest BCUT2D eigenvalue weighted by molar-refractivity contribution is 5.48. The number of ether oxygens (including phenoxy) is 1. The predicted octanol–water partition coefficient (Wildman–Crippen LogP) is 2.28. The monoisotopic (exact) mass is 283 g/mol. The molecule has 0 aliphatic heterocycles. The Bertz CT molecular complexity index is 552. The van der Waals surface area contributed by atoms with Crippen LogP contribution in [-0.4, -0.2) is 31.5 Å². The molecule has 3 rings (SSSR count). The lowest BCUT2D eigenvalue weighted by molar-refractivity contribution is 0.0931. The number of nitrogens with one attached hydrogen (secondary N) is 1. The van der Waals surface area contributed by atoms with E-state index in [9.17, 15) is 0 Å². The average molecular weight is 283 g/mol. The molecule has 2 aromatic carbocycles. The number of rotatable bonds is 6. The summed E-state index contributed by atoms with van der Waals surface area (Å²) in [5.41, 5.74) is 5.51. The molecule has 2 N–H and O–H groups in total. The Morgan fingerprint density at radius 2 is 1.57 bits per heavy atom. The lowest BCUT2D eigenvalue weighted by atomic mass is 9.82. The number of fused-ring (bicyclic) bond motifs is 2. The molecule has 1 aliphatic carbocycles. The first kappa shape index (κ1) is 14.3. The van der Waals surface area contributed by atoms with Crippen LogP contribution in [0.5, 0.6) is 0 Å². The largest absolute Gasteiger partial charge is 0.394 e. The molecule has 0 radical (unpaired) electrons. The molecule has 0 atom stereocenters. The fourth-order valence-electron chi connectivity index (χ4n) is 2.99. The molecule has 0 saturated carbocycles. The number of benzene rings is 2. The second-order valence-corrected chi connectivity index (χ2v) is 5.30. The van der Waals surface area contributed by atoms with E-state index in [1.807, 2.05) is 0 Å². The number of aliphatic hydroxyl groups excluding tert-OH is 1. The molecule has 1 aliphatic rings. The van der Waals surface area contributed by atoms with Crippen molar-refractivity contribution in [1.29, 1.82) is 0 Å². The van der Waals surface area contributed by atoms with E-state index in [2.05, 4.69) is 53.8 Å². The van der Waals surface area contributed by atoms with Gasteiger partial charge in [-0.25, -0.2) is 0 Å². The molecular formula is C18H21NO2. The third-order valence-electron chi connectivity index (χ3n) is 3.94. The maximum Gasteiger partial charge on any atom is 0.0698 e. The molecule has 0 amide bonds. The maximum atomic E-state index is 8.73. The lowest BCUT2D eigenvalue weighted by Crippen LogP contribution is -2.30. The fraction of sp³-hybridized carbons (Fsp3) is 0.333. The summed E-state index contributed by atoms with van der Waals surface area (Å²) < 4.78 is 5.34. The summed E-state index contributed by atoms with van der Waals surface area (Å²) in [4.78, 5) is 0. The van der Waals surface area contributed by atoms with Crippen LogP contribution in [0.25, 0.3) is 0 Å². The predicted molar refractivity (Wildman–Crippen MR) is 83.4 cm³/mol. The van der Waals surface area contributed by atoms with E-state index in [1.165, 1.54) is 22.3 Å². The van der Waals surface area contributed by atoms with Crippen molar-refractivity contribution in [2.45, 2.75) is 12.5 Å². The van der Waals surface area contributed by atoms with Crippen molar-refractivity contribution in [2.75, 3.05) is 26.4 Å². The zero-order valence-corrected chi connectivity index (χ0v) is 12.1. The first-order chi connectivity index (χ1) is 10.4. The van der Waals surface area contributed by atoms with Crippen LogP contribution in [0.4, 0.5) is 0 Å². The first-order valence-electron chi connectivity index (χ1n) is 7.47. The van der Waals surface area contributed by atoms with Crippen LogP contribution >= 0.6 is 0 Å². The summed E-state index contributed by atoms with van der Waals surface area (Å²) in [6, 6.07) is 17.5. The second-order valence-electron chi connectivity index (χ2n) is 5.30. The van der Waals surface area contributed by atoms with Crippen LogP contribution in [-0.2, 0) is 11.2 Å². The van der Waals surface area contributed by atoms with Gasteiger partial charge in [0.1, 0.15) is 0 Å². The van der Waals surface area contributed by atoms with Gasteiger partial charge in [0.25, 0.3) is 0 Å². The standard InChI is InChI=1S/C18H21NO2/c20-10-12-21-11-9-19-18-16-7-3-1-5-14(16)13-15-6-2-4-8-17(15)18/h1-8,18-20H,9-13H2. The molecule has 3 nitrogen and oxygen atoms in total. The number of aliphatic hydroxyl groups is 1. The lowest BCUT2D eigenvalue weighted by Gasteiger charge is -2.29. The molecule has 0 heterocycles. The molecule has 0 fully saturated rings. The van der Waals surface area contributed by atoms with Crippen molar-refractivity contribution < 1.29 is 9.84 Å². The SMILES string of the molecule is OCCOCCNC1c2ccccc2Cc2ccccc21. The van der Waals surface area contributed by atoms with E-state index in [-0.39, 0.29) is 12.6 Å². The normalized spacial score (nSPS) is 13.8. The van der Waals surface area contributed by atoms with Crippen LogP contribution in [0.3, 0.4) is 0 Å². The van der Waals surface area contributed by atoms with Gasteiger partial charge < -0.3 is 15.2 Å². The summed E-state index contributed by atoms with van der Waals surface area (Å²) in [6.45, 7) is 1.86. The third-order valence-corrected chi connectivity index (χ3v) is 3.94. The van der Waals surface area contributed by atoms with Gasteiger partial charge in [0.2, 0.25) is 0 Å². The Morgan fingerprint density at radius 3 is 2.19 bits per heavy atom. The van der Waals surface area contributed by atoms with Crippen molar-refractivity contribution >= 4 is 0 Å². The third kappa shape index (κ3) is 3.16. The minimum Gasteiger partial charge on any atom is -0.394 e. The molecule has 110 valence electrons. The minimum absolute atomic E-state index is 0.0785. The maximum absolute atomic E-state index is 8.73. The first-order valence-corrected chi connectivity index (χ1v) is 7.47. The minimum atomic E-state index is 0.0785. The van der Waals surface area contributed by atoms with Gasteiger partial charge in [-0.15, -0.1) is 0 Å². The van der Waals surface area contributed by atoms with Crippen molar-refractivity contribution in [2.24, 2.45) is 0 Å². The summed E-state index contributed by atoms with van der Waals surface area (Å²) in [5, 5.41) is 12.3. The van der Waals surface area contributed by atoms with Crippen molar-refractivity contribution in [1.82, 2.24) is 5.32 Å². The van der Waals surface area contributed by atoms with Gasteiger partial charge in [-0.05, 0) is 28.7 Å². The van der Waals surface area contributed by atoms with E-state index >= 15 is 0 Å². The molecule has 0 aromatic heterocycles. The van der Waals surface area contributed by atoms with Crippen LogP contribution < -0.4 is 5.32 Å². The molecule has 0 unspecified atom stereocenters. The number of hydrogen-bond acceptors (Lipinski definition) is 3. The van der Waals surface area contributed by atoms with E-state index in [0.717, 1.165) is 13.0 Å². The van der Waals surface area contributed by atoms with E-state index in [4.69, 9.17) is 9.84 Å². The van der Waals surface area contributed by atoms with Crippen LogP contribution in [0.2, 0.25) is 0 Å². The van der Waals surface area contributed by atoms with E-state index in [1.54, 1.807) is 0 Å². The van der Waals surface area contributed by atoms with Gasteiger partial charge in [-0.1, -0.05) is 48.5 Å². The summed E-state index contributed by atoms with van der Waals surface area (Å²) in [7, 11) is 0. The average Bonchev–Trinajstić information content (AvgIpc) is 2.53. The summed E-state index contributed by atoms with van der Waals surface area (Å²) >= 11 is 0. The molecule has 21 heavy (non-hydrogen) atoms. The molecule has 0 saturated heterocycles. The summed E-state index contributed by atoms with van der Waals surface area (Å²) in [5.74, 6) is 0. The van der Waals surface area contributed by atoms with Gasteiger partial charge in [0.05, 0.1) is 25.9 Å². The highest BCUT2D eigenvalue weighted by Gasteiger charge is 2.24. The van der Waals surface area contributed by atoms with Crippen LogP contribution in [0, 0.1) is 0 Å². The Hall–Kier alpha value is -1.68. The second kappa shape index (κ2) is 6.85. The quantitative estimate of drug-likeness (QED) is 0.799. The Kier molecular flexibility index (Phi) is 4.65. The van der Waals surface area contributed by atoms with Gasteiger partial charge in [-0.2, -0.15) is 0 Å². The van der Waals surface area contributed by atoms with Gasteiger partial charge >= 0.3 is 0 Å². The van der Waals surface area contributed by atoms with Crippen molar-refractivity contribution in [3.8, 4) is 0 Å². The molecule has 0 spiro atoms. The molecule has 0 bridgehead atoms. The highest BCUT2D eigenvalue weighted by Crippen LogP contribution is 2.34. The molecule has 2 aromatic rings. The Balaban J connectivity index is 1.78. The zero-order chi connectivity index (χ0) is 14.5. The molecule has 3 heteroatoms. The van der Waals surface area contributed by atoms with Crippen molar-refractivity contribution in [3.05, 3.63) is 70.8 Å². The van der Waals surface area contributed by atoms with Crippen molar-refractivity contribution in [3.63, 3.8) is 0 Å². The van der Waals surface area contributed by atoms with E-state index < -0.39 is 0 Å². The van der Waals surface area contributed by atoms with Crippen LogP contribution in [0.15, 0.2) is 48.5 Å². The number of hydrogen-bond donors (Lipinski definition) is 2. The Labute approximate surface area is 125 Å². The topological polar surface area (TPSA) is 41.5 Å². The smallest absolute Gasteiger partial charge is 0.0698 e. The summed E-state index contributed by atoms with van der Waals surface area (Å²) in [6.07, 6.45) is 1.01. The zero-order valence-electron chi connectivity index (χ0n) is 12.1.